The Bertz CT molecular complexity index is 719. The lowest BCUT2D eigenvalue weighted by Gasteiger charge is -2.10. The maximum absolute atomic E-state index is 11.9. The van der Waals surface area contributed by atoms with Crippen LogP contribution >= 0.6 is 0 Å². The largest absolute Gasteiger partial charge is 0.497 e. The summed E-state index contributed by atoms with van der Waals surface area (Å²) in [6, 6.07) is 12.3. The molecule has 0 unspecified atom stereocenters. The first-order valence-corrected chi connectivity index (χ1v) is 8.01. The first kappa shape index (κ1) is 18.4. The number of hydrogen-bond donors (Lipinski definition) is 0. The number of methoxy groups -OCH3 is 2. The highest BCUT2D eigenvalue weighted by molar-refractivity contribution is 5.88. The molecular formula is C20H22O5. The summed E-state index contributed by atoms with van der Waals surface area (Å²) in [7, 11) is 3.16. The smallest absolute Gasteiger partial charge is 0.336 e. The second kappa shape index (κ2) is 9.37. The minimum atomic E-state index is -0.463. The second-order valence-corrected chi connectivity index (χ2v) is 5.19. The minimum Gasteiger partial charge on any atom is -0.497 e. The van der Waals surface area contributed by atoms with Crippen molar-refractivity contribution in [2.45, 2.75) is 13.3 Å². The topological polar surface area (TPSA) is 54.0 Å². The van der Waals surface area contributed by atoms with Crippen LogP contribution in [0.25, 0.3) is 6.08 Å². The van der Waals surface area contributed by atoms with Gasteiger partial charge in [0.15, 0.2) is 11.5 Å². The van der Waals surface area contributed by atoms with Crippen molar-refractivity contribution in [3.63, 3.8) is 0 Å². The van der Waals surface area contributed by atoms with Gasteiger partial charge in [-0.1, -0.05) is 13.0 Å². The van der Waals surface area contributed by atoms with E-state index in [1.807, 2.05) is 25.1 Å². The van der Waals surface area contributed by atoms with E-state index in [4.69, 9.17) is 18.9 Å². The summed E-state index contributed by atoms with van der Waals surface area (Å²) < 4.78 is 21.2. The van der Waals surface area contributed by atoms with Gasteiger partial charge in [-0.3, -0.25) is 0 Å². The molecule has 0 aliphatic rings. The van der Waals surface area contributed by atoms with Gasteiger partial charge in [-0.15, -0.1) is 0 Å². The van der Waals surface area contributed by atoms with E-state index in [-0.39, 0.29) is 0 Å². The molecular weight excluding hydrogens is 320 g/mol. The molecule has 0 saturated carbocycles. The summed E-state index contributed by atoms with van der Waals surface area (Å²) in [4.78, 5) is 11.9. The van der Waals surface area contributed by atoms with Crippen LogP contribution in [0.5, 0.6) is 23.0 Å². The summed E-state index contributed by atoms with van der Waals surface area (Å²) in [6.07, 6.45) is 3.95. The Labute approximate surface area is 147 Å². The van der Waals surface area contributed by atoms with Gasteiger partial charge in [0.1, 0.15) is 11.5 Å². The standard InChI is InChI=1S/C20H22O5/c1-4-13-24-18-11-5-15(14-19(18)23-3)6-12-20(21)25-17-9-7-16(22-2)8-10-17/h5-12,14H,4,13H2,1-3H3/b12-6+. The molecule has 2 rings (SSSR count). The summed E-state index contributed by atoms with van der Waals surface area (Å²) in [5.74, 6) is 2.00. The molecule has 5 nitrogen and oxygen atoms in total. The monoisotopic (exact) mass is 342 g/mol. The fourth-order valence-electron chi connectivity index (χ4n) is 2.08. The number of rotatable bonds is 8. The van der Waals surface area contributed by atoms with E-state index in [0.29, 0.717) is 29.6 Å². The van der Waals surface area contributed by atoms with Crippen LogP contribution in [0.4, 0.5) is 0 Å². The SMILES string of the molecule is CCCOc1ccc(/C=C/C(=O)Oc2ccc(OC)cc2)cc1OC. The van der Waals surface area contributed by atoms with Crippen molar-refractivity contribution in [1.82, 2.24) is 0 Å². The van der Waals surface area contributed by atoms with Crippen LogP contribution in [-0.4, -0.2) is 26.8 Å². The highest BCUT2D eigenvalue weighted by Crippen LogP contribution is 2.28. The van der Waals surface area contributed by atoms with Gasteiger partial charge >= 0.3 is 5.97 Å². The molecule has 0 aromatic heterocycles. The van der Waals surface area contributed by atoms with Crippen LogP contribution in [0, 0.1) is 0 Å². The first-order valence-electron chi connectivity index (χ1n) is 8.01. The predicted molar refractivity (Wildman–Crippen MR) is 96.4 cm³/mol. The average molecular weight is 342 g/mol. The Kier molecular flexibility index (Phi) is 6.89. The Morgan fingerprint density at radius 3 is 2.32 bits per heavy atom. The molecule has 25 heavy (non-hydrogen) atoms. The van der Waals surface area contributed by atoms with Crippen LogP contribution in [0.3, 0.4) is 0 Å². The van der Waals surface area contributed by atoms with E-state index in [9.17, 15) is 4.79 Å². The molecule has 0 atom stereocenters. The number of hydrogen-bond acceptors (Lipinski definition) is 5. The lowest BCUT2D eigenvalue weighted by molar-refractivity contribution is -0.128. The van der Waals surface area contributed by atoms with Crippen molar-refractivity contribution >= 4 is 12.0 Å². The minimum absolute atomic E-state index is 0.455. The van der Waals surface area contributed by atoms with Crippen molar-refractivity contribution in [1.29, 1.82) is 0 Å². The molecule has 0 spiro atoms. The maximum atomic E-state index is 11.9. The van der Waals surface area contributed by atoms with Gasteiger partial charge in [-0.25, -0.2) is 4.79 Å². The Hall–Kier alpha value is -2.95. The fourth-order valence-corrected chi connectivity index (χ4v) is 2.08. The average Bonchev–Trinajstić information content (AvgIpc) is 2.65. The van der Waals surface area contributed by atoms with E-state index < -0.39 is 5.97 Å². The number of esters is 1. The molecule has 5 heteroatoms. The third kappa shape index (κ3) is 5.57. The van der Waals surface area contributed by atoms with Gasteiger partial charge in [0, 0.05) is 6.08 Å². The third-order valence-electron chi connectivity index (χ3n) is 3.34. The highest BCUT2D eigenvalue weighted by Gasteiger charge is 2.05. The van der Waals surface area contributed by atoms with Gasteiger partial charge in [0.25, 0.3) is 0 Å². The van der Waals surface area contributed by atoms with Gasteiger partial charge in [0.2, 0.25) is 0 Å². The normalized spacial score (nSPS) is 10.5. The molecule has 0 aliphatic heterocycles. The van der Waals surface area contributed by atoms with Crippen LogP contribution in [0.2, 0.25) is 0 Å². The van der Waals surface area contributed by atoms with Crippen molar-refractivity contribution < 1.29 is 23.7 Å². The van der Waals surface area contributed by atoms with Crippen molar-refractivity contribution in [3.05, 3.63) is 54.1 Å². The zero-order valence-electron chi connectivity index (χ0n) is 14.7. The summed E-state index contributed by atoms with van der Waals surface area (Å²) in [6.45, 7) is 2.66. The highest BCUT2D eigenvalue weighted by atomic mass is 16.5. The molecule has 0 bridgehead atoms. The predicted octanol–water partition coefficient (Wildman–Crippen LogP) is 4.11. The second-order valence-electron chi connectivity index (χ2n) is 5.19. The zero-order valence-corrected chi connectivity index (χ0v) is 14.7. The van der Waals surface area contributed by atoms with E-state index >= 15 is 0 Å². The molecule has 0 radical (unpaired) electrons. The van der Waals surface area contributed by atoms with Crippen molar-refractivity contribution in [3.8, 4) is 23.0 Å². The molecule has 0 aliphatic carbocycles. The molecule has 2 aromatic rings. The van der Waals surface area contributed by atoms with Crippen LogP contribution < -0.4 is 18.9 Å². The lowest BCUT2D eigenvalue weighted by atomic mass is 10.2. The Morgan fingerprint density at radius 1 is 0.960 bits per heavy atom. The van der Waals surface area contributed by atoms with Crippen molar-refractivity contribution in [2.75, 3.05) is 20.8 Å². The van der Waals surface area contributed by atoms with Crippen molar-refractivity contribution in [2.24, 2.45) is 0 Å². The van der Waals surface area contributed by atoms with E-state index in [2.05, 4.69) is 0 Å². The molecule has 0 saturated heterocycles. The summed E-state index contributed by atoms with van der Waals surface area (Å²) in [5.41, 5.74) is 0.812. The number of benzene rings is 2. The zero-order chi connectivity index (χ0) is 18.1. The van der Waals surface area contributed by atoms with E-state index in [1.54, 1.807) is 44.6 Å². The molecule has 0 amide bonds. The quantitative estimate of drug-likeness (QED) is 0.410. The van der Waals surface area contributed by atoms with Crippen LogP contribution in [-0.2, 0) is 4.79 Å². The Morgan fingerprint density at radius 2 is 1.68 bits per heavy atom. The van der Waals surface area contributed by atoms with Gasteiger partial charge in [-0.2, -0.15) is 0 Å². The maximum Gasteiger partial charge on any atom is 0.336 e. The van der Waals surface area contributed by atoms with Gasteiger partial charge in [-0.05, 0) is 54.5 Å². The number of carbonyl (C=O) groups excluding carboxylic acids is 1. The molecule has 0 N–H and O–H groups in total. The van der Waals surface area contributed by atoms with Crippen LogP contribution in [0.1, 0.15) is 18.9 Å². The van der Waals surface area contributed by atoms with Gasteiger partial charge in [0.05, 0.1) is 20.8 Å². The molecule has 132 valence electrons. The molecule has 0 fully saturated rings. The number of ether oxygens (including phenoxy) is 4. The summed E-state index contributed by atoms with van der Waals surface area (Å²) in [5, 5.41) is 0. The first-order chi connectivity index (χ1) is 12.2. The molecule has 0 heterocycles. The Balaban J connectivity index is 2.00. The van der Waals surface area contributed by atoms with Crippen LogP contribution in [0.15, 0.2) is 48.5 Å². The fraction of sp³-hybridized carbons (Fsp3) is 0.250. The van der Waals surface area contributed by atoms with E-state index in [1.165, 1.54) is 6.08 Å². The third-order valence-corrected chi connectivity index (χ3v) is 3.34. The summed E-state index contributed by atoms with van der Waals surface area (Å²) >= 11 is 0. The number of carbonyl (C=O) groups is 1. The van der Waals surface area contributed by atoms with E-state index in [0.717, 1.165) is 12.0 Å². The van der Waals surface area contributed by atoms with Gasteiger partial charge < -0.3 is 18.9 Å². The molecule has 2 aromatic carbocycles. The lowest BCUT2D eigenvalue weighted by Crippen LogP contribution is -2.03.